The molecule has 0 bridgehead atoms. The normalized spacial score (nSPS) is 26.5. The first-order valence-electron chi connectivity index (χ1n) is 5.73. The van der Waals surface area contributed by atoms with Gasteiger partial charge in [-0.25, -0.2) is 0 Å². The maximum absolute atomic E-state index is 11.0. The highest BCUT2D eigenvalue weighted by atomic mass is 16.1. The van der Waals surface area contributed by atoms with E-state index in [9.17, 15) is 4.79 Å². The molecule has 0 aromatic carbocycles. The quantitative estimate of drug-likeness (QED) is 0.678. The number of hydrogen-bond donors (Lipinski definition) is 2. The van der Waals surface area contributed by atoms with E-state index >= 15 is 0 Å². The van der Waals surface area contributed by atoms with Gasteiger partial charge in [-0.15, -0.1) is 0 Å². The molecule has 1 aliphatic heterocycles. The van der Waals surface area contributed by atoms with Gasteiger partial charge in [0.2, 0.25) is 5.91 Å². The van der Waals surface area contributed by atoms with Crippen LogP contribution in [0.25, 0.3) is 0 Å². The highest BCUT2D eigenvalue weighted by molar-refractivity contribution is 5.76. The topological polar surface area (TPSA) is 58.4 Å². The second kappa shape index (κ2) is 5.47. The molecule has 1 fully saturated rings. The van der Waals surface area contributed by atoms with Crippen LogP contribution in [0.4, 0.5) is 0 Å². The third-order valence-electron chi connectivity index (χ3n) is 2.90. The van der Waals surface area contributed by atoms with Crippen LogP contribution in [0.1, 0.15) is 20.8 Å². The van der Waals surface area contributed by atoms with Crippen LogP contribution in [0.3, 0.4) is 0 Å². The Kier molecular flexibility index (Phi) is 4.54. The van der Waals surface area contributed by atoms with Crippen LogP contribution in [-0.4, -0.2) is 43.0 Å². The second-order valence-corrected chi connectivity index (χ2v) is 4.99. The molecule has 0 aliphatic carbocycles. The molecule has 1 rings (SSSR count). The number of rotatable bonds is 5. The van der Waals surface area contributed by atoms with Gasteiger partial charge in [0, 0.05) is 19.1 Å². The molecule has 4 heteroatoms. The van der Waals surface area contributed by atoms with Gasteiger partial charge in [-0.1, -0.05) is 20.8 Å². The summed E-state index contributed by atoms with van der Waals surface area (Å²) in [4.78, 5) is 13.2. The summed E-state index contributed by atoms with van der Waals surface area (Å²) in [6.45, 7) is 9.90. The number of nitrogens with two attached hydrogens (primary N) is 1. The Hall–Kier alpha value is -0.610. The number of carbonyl (C=O) groups excluding carboxylic acids is 1. The molecule has 0 aromatic heterocycles. The molecule has 1 amide bonds. The van der Waals surface area contributed by atoms with E-state index in [1.54, 1.807) is 0 Å². The molecule has 0 aromatic rings. The highest BCUT2D eigenvalue weighted by Crippen LogP contribution is 2.16. The third-order valence-corrected chi connectivity index (χ3v) is 2.90. The predicted octanol–water partition coefficient (Wildman–Crippen LogP) is 0.0376. The van der Waals surface area contributed by atoms with Crippen molar-refractivity contribution < 1.29 is 4.79 Å². The summed E-state index contributed by atoms with van der Waals surface area (Å²) in [6, 6.07) is 0.458. The molecule has 4 nitrogen and oxygen atoms in total. The average Bonchev–Trinajstić information content (AvgIpc) is 2.48. The Balaban J connectivity index is 2.57. The minimum absolute atomic E-state index is 0.227. The standard InChI is InChI=1S/C11H23N3O/c1-8(2)6-14(7-11(12)15)10-5-13-4-9(10)3/h8-10,13H,4-7H2,1-3H3,(H2,12,15). The SMILES string of the molecule is CC(C)CN(CC(N)=O)C1CNCC1C. The maximum Gasteiger partial charge on any atom is 0.231 e. The number of hydrogen-bond acceptors (Lipinski definition) is 3. The minimum atomic E-state index is -0.227. The lowest BCUT2D eigenvalue weighted by atomic mass is 10.0. The van der Waals surface area contributed by atoms with E-state index in [2.05, 4.69) is 31.0 Å². The third kappa shape index (κ3) is 3.80. The van der Waals surface area contributed by atoms with Crippen LogP contribution < -0.4 is 11.1 Å². The number of nitrogens with one attached hydrogen (secondary N) is 1. The molecule has 2 atom stereocenters. The first kappa shape index (κ1) is 12.5. The Bertz CT molecular complexity index is 218. The fraction of sp³-hybridized carbons (Fsp3) is 0.909. The molecular formula is C11H23N3O. The summed E-state index contributed by atoms with van der Waals surface area (Å²) < 4.78 is 0. The molecule has 1 heterocycles. The van der Waals surface area contributed by atoms with E-state index in [-0.39, 0.29) is 5.91 Å². The molecule has 1 saturated heterocycles. The van der Waals surface area contributed by atoms with E-state index in [4.69, 9.17) is 5.73 Å². The molecule has 3 N–H and O–H groups in total. The fourth-order valence-electron chi connectivity index (χ4n) is 2.27. The first-order chi connectivity index (χ1) is 7.00. The van der Waals surface area contributed by atoms with Crippen molar-refractivity contribution in [2.45, 2.75) is 26.8 Å². The Morgan fingerprint density at radius 1 is 1.53 bits per heavy atom. The summed E-state index contributed by atoms with van der Waals surface area (Å²) in [5, 5.41) is 3.36. The van der Waals surface area contributed by atoms with E-state index in [0.717, 1.165) is 19.6 Å². The Morgan fingerprint density at radius 2 is 2.20 bits per heavy atom. The zero-order valence-electron chi connectivity index (χ0n) is 9.99. The fourth-order valence-corrected chi connectivity index (χ4v) is 2.27. The molecule has 1 aliphatic rings. The van der Waals surface area contributed by atoms with Gasteiger partial charge in [0.25, 0.3) is 0 Å². The summed E-state index contributed by atoms with van der Waals surface area (Å²) in [7, 11) is 0. The van der Waals surface area contributed by atoms with Gasteiger partial charge in [0.15, 0.2) is 0 Å². The summed E-state index contributed by atoms with van der Waals surface area (Å²) >= 11 is 0. The highest BCUT2D eigenvalue weighted by Gasteiger charge is 2.29. The summed E-state index contributed by atoms with van der Waals surface area (Å²) in [5.74, 6) is 0.940. The van der Waals surface area contributed by atoms with Gasteiger partial charge in [0.1, 0.15) is 0 Å². The molecular weight excluding hydrogens is 190 g/mol. The monoisotopic (exact) mass is 213 g/mol. The zero-order valence-corrected chi connectivity index (χ0v) is 9.99. The molecule has 0 spiro atoms. The van der Waals surface area contributed by atoms with Crippen LogP contribution in [0.5, 0.6) is 0 Å². The Morgan fingerprint density at radius 3 is 2.60 bits per heavy atom. The first-order valence-corrected chi connectivity index (χ1v) is 5.73. The van der Waals surface area contributed by atoms with Crippen molar-refractivity contribution in [3.05, 3.63) is 0 Å². The van der Waals surface area contributed by atoms with Crippen molar-refractivity contribution in [1.82, 2.24) is 10.2 Å². The van der Waals surface area contributed by atoms with Gasteiger partial charge in [-0.3, -0.25) is 9.69 Å². The Labute approximate surface area is 92.2 Å². The smallest absolute Gasteiger partial charge is 0.231 e. The summed E-state index contributed by atoms with van der Waals surface area (Å²) in [6.07, 6.45) is 0. The molecule has 0 saturated carbocycles. The van der Waals surface area contributed by atoms with E-state index in [1.807, 2.05) is 0 Å². The second-order valence-electron chi connectivity index (χ2n) is 4.99. The van der Waals surface area contributed by atoms with Gasteiger partial charge < -0.3 is 11.1 Å². The predicted molar refractivity (Wildman–Crippen MR) is 61.4 cm³/mol. The largest absolute Gasteiger partial charge is 0.369 e. The lowest BCUT2D eigenvalue weighted by Gasteiger charge is -2.31. The van der Waals surface area contributed by atoms with Gasteiger partial charge >= 0.3 is 0 Å². The molecule has 88 valence electrons. The van der Waals surface area contributed by atoms with Crippen LogP contribution >= 0.6 is 0 Å². The number of nitrogens with zero attached hydrogens (tertiary/aromatic N) is 1. The van der Waals surface area contributed by atoms with Crippen molar-refractivity contribution in [3.8, 4) is 0 Å². The van der Waals surface area contributed by atoms with Crippen LogP contribution in [0.15, 0.2) is 0 Å². The van der Waals surface area contributed by atoms with Crippen molar-refractivity contribution in [1.29, 1.82) is 0 Å². The molecule has 2 unspecified atom stereocenters. The van der Waals surface area contributed by atoms with E-state index < -0.39 is 0 Å². The van der Waals surface area contributed by atoms with Crippen molar-refractivity contribution in [3.63, 3.8) is 0 Å². The zero-order chi connectivity index (χ0) is 11.4. The van der Waals surface area contributed by atoms with E-state index in [0.29, 0.717) is 24.4 Å². The molecule has 15 heavy (non-hydrogen) atoms. The van der Waals surface area contributed by atoms with Gasteiger partial charge in [-0.2, -0.15) is 0 Å². The van der Waals surface area contributed by atoms with Crippen molar-refractivity contribution in [2.75, 3.05) is 26.2 Å². The van der Waals surface area contributed by atoms with Crippen LogP contribution in [-0.2, 0) is 4.79 Å². The van der Waals surface area contributed by atoms with Gasteiger partial charge in [-0.05, 0) is 18.4 Å². The van der Waals surface area contributed by atoms with Crippen molar-refractivity contribution in [2.24, 2.45) is 17.6 Å². The lowest BCUT2D eigenvalue weighted by Crippen LogP contribution is -2.46. The average molecular weight is 213 g/mol. The summed E-state index contributed by atoms with van der Waals surface area (Å²) in [5.41, 5.74) is 5.28. The van der Waals surface area contributed by atoms with E-state index in [1.165, 1.54) is 0 Å². The van der Waals surface area contributed by atoms with Crippen LogP contribution in [0.2, 0.25) is 0 Å². The molecule has 0 radical (unpaired) electrons. The van der Waals surface area contributed by atoms with Gasteiger partial charge in [0.05, 0.1) is 6.54 Å². The lowest BCUT2D eigenvalue weighted by molar-refractivity contribution is -0.119. The van der Waals surface area contributed by atoms with Crippen molar-refractivity contribution >= 4 is 5.91 Å². The maximum atomic E-state index is 11.0. The minimum Gasteiger partial charge on any atom is -0.369 e. The van der Waals surface area contributed by atoms with Crippen LogP contribution in [0, 0.1) is 11.8 Å². The number of amides is 1. The number of primary amides is 1. The number of carbonyl (C=O) groups is 1.